The SMILES string of the molecule is O=C(Nc1ccc(-c2nc3ccccc3s2)cc1)[C@H]1COc2ccccc2O1. The van der Waals surface area contributed by atoms with E-state index in [1.54, 1.807) is 17.4 Å². The Bertz CT molecular complexity index is 1120. The monoisotopic (exact) mass is 388 g/mol. The summed E-state index contributed by atoms with van der Waals surface area (Å²) >= 11 is 1.65. The van der Waals surface area contributed by atoms with Gasteiger partial charge in [-0.2, -0.15) is 0 Å². The van der Waals surface area contributed by atoms with E-state index in [1.807, 2.05) is 60.7 Å². The first-order valence-corrected chi connectivity index (χ1v) is 9.73. The first-order chi connectivity index (χ1) is 13.8. The highest BCUT2D eigenvalue weighted by atomic mass is 32.1. The molecule has 2 heterocycles. The van der Waals surface area contributed by atoms with Gasteiger partial charge in [0.1, 0.15) is 11.6 Å². The highest BCUT2D eigenvalue weighted by molar-refractivity contribution is 7.21. The molecule has 5 nitrogen and oxygen atoms in total. The molecule has 28 heavy (non-hydrogen) atoms. The standard InChI is InChI=1S/C22H16N2O3S/c25-21(19-13-26-17-6-2-3-7-18(17)27-19)23-15-11-9-14(10-12-15)22-24-16-5-1-4-8-20(16)28-22/h1-12,19H,13H2,(H,23,25)/t19-/m1/s1. The van der Waals surface area contributed by atoms with Gasteiger partial charge in [0.05, 0.1) is 10.2 Å². The molecule has 1 aliphatic heterocycles. The lowest BCUT2D eigenvalue weighted by Crippen LogP contribution is -2.40. The maximum absolute atomic E-state index is 12.5. The highest BCUT2D eigenvalue weighted by Gasteiger charge is 2.27. The van der Waals surface area contributed by atoms with Crippen LogP contribution in [0.5, 0.6) is 11.5 Å². The largest absolute Gasteiger partial charge is 0.485 e. The minimum absolute atomic E-state index is 0.187. The van der Waals surface area contributed by atoms with Crippen molar-refractivity contribution in [1.29, 1.82) is 0 Å². The van der Waals surface area contributed by atoms with Gasteiger partial charge in [-0.3, -0.25) is 4.79 Å². The predicted molar refractivity (Wildman–Crippen MR) is 110 cm³/mol. The fourth-order valence-corrected chi connectivity index (χ4v) is 4.03. The Morgan fingerprint density at radius 2 is 1.71 bits per heavy atom. The zero-order valence-electron chi connectivity index (χ0n) is 14.8. The number of carbonyl (C=O) groups excluding carboxylic acids is 1. The summed E-state index contributed by atoms with van der Waals surface area (Å²) in [5.74, 6) is 1.01. The average Bonchev–Trinajstić information content (AvgIpc) is 3.18. The van der Waals surface area contributed by atoms with Gasteiger partial charge in [-0.15, -0.1) is 11.3 Å². The molecule has 5 rings (SSSR count). The second-order valence-corrected chi connectivity index (χ2v) is 7.45. The summed E-state index contributed by atoms with van der Waals surface area (Å²) in [6.07, 6.45) is -0.682. The third-order valence-corrected chi connectivity index (χ3v) is 5.58. The van der Waals surface area contributed by atoms with Crippen LogP contribution in [0.3, 0.4) is 0 Å². The number of para-hydroxylation sites is 3. The minimum atomic E-state index is -0.682. The van der Waals surface area contributed by atoms with Crippen molar-refractivity contribution in [3.05, 3.63) is 72.8 Å². The van der Waals surface area contributed by atoms with Crippen LogP contribution in [0.4, 0.5) is 5.69 Å². The fraction of sp³-hybridized carbons (Fsp3) is 0.0909. The van der Waals surface area contributed by atoms with E-state index < -0.39 is 6.10 Å². The molecule has 4 aromatic rings. The molecule has 0 fully saturated rings. The maximum atomic E-state index is 12.5. The van der Waals surface area contributed by atoms with Crippen LogP contribution in [-0.2, 0) is 4.79 Å². The first-order valence-electron chi connectivity index (χ1n) is 8.92. The summed E-state index contributed by atoms with van der Waals surface area (Å²) in [5.41, 5.74) is 2.72. The van der Waals surface area contributed by atoms with E-state index >= 15 is 0 Å². The summed E-state index contributed by atoms with van der Waals surface area (Å²) in [6, 6.07) is 23.1. The molecule has 3 aromatic carbocycles. The molecule has 0 saturated carbocycles. The quantitative estimate of drug-likeness (QED) is 0.551. The van der Waals surface area contributed by atoms with Crippen molar-refractivity contribution in [1.82, 2.24) is 4.98 Å². The van der Waals surface area contributed by atoms with Crippen molar-refractivity contribution < 1.29 is 14.3 Å². The van der Waals surface area contributed by atoms with Crippen molar-refractivity contribution in [2.24, 2.45) is 0 Å². The zero-order valence-corrected chi connectivity index (χ0v) is 15.6. The van der Waals surface area contributed by atoms with E-state index in [0.29, 0.717) is 17.2 Å². The lowest BCUT2D eigenvalue weighted by molar-refractivity contribution is -0.125. The molecule has 0 radical (unpaired) electrons. The van der Waals surface area contributed by atoms with Crippen LogP contribution >= 0.6 is 11.3 Å². The first kappa shape index (κ1) is 16.8. The van der Waals surface area contributed by atoms with Crippen molar-refractivity contribution in [2.45, 2.75) is 6.10 Å². The second-order valence-electron chi connectivity index (χ2n) is 6.42. The Hall–Kier alpha value is -3.38. The molecule has 0 unspecified atom stereocenters. The van der Waals surface area contributed by atoms with E-state index in [0.717, 1.165) is 20.8 Å². The third kappa shape index (κ3) is 3.18. The lowest BCUT2D eigenvalue weighted by Gasteiger charge is -2.25. The molecule has 1 atom stereocenters. The average molecular weight is 388 g/mol. The molecule has 138 valence electrons. The Morgan fingerprint density at radius 3 is 2.54 bits per heavy atom. The second kappa shape index (κ2) is 6.98. The number of aromatic nitrogens is 1. The number of nitrogens with one attached hydrogen (secondary N) is 1. The number of carbonyl (C=O) groups is 1. The van der Waals surface area contributed by atoms with Crippen LogP contribution in [0.15, 0.2) is 72.8 Å². The molecule has 1 N–H and O–H groups in total. The van der Waals surface area contributed by atoms with Crippen molar-refractivity contribution in [3.63, 3.8) is 0 Å². The zero-order chi connectivity index (χ0) is 18.9. The summed E-state index contributed by atoms with van der Waals surface area (Å²) in [4.78, 5) is 17.2. The number of anilines is 1. The van der Waals surface area contributed by atoms with Gasteiger partial charge in [0.15, 0.2) is 11.5 Å². The van der Waals surface area contributed by atoms with Crippen LogP contribution in [0.25, 0.3) is 20.8 Å². The van der Waals surface area contributed by atoms with Crippen molar-refractivity contribution in [3.8, 4) is 22.1 Å². The number of fused-ring (bicyclic) bond motifs is 2. The number of hydrogen-bond donors (Lipinski definition) is 1. The van der Waals surface area contributed by atoms with Gasteiger partial charge in [-0.05, 0) is 48.5 Å². The van der Waals surface area contributed by atoms with Gasteiger partial charge < -0.3 is 14.8 Å². The van der Waals surface area contributed by atoms with Crippen LogP contribution in [-0.4, -0.2) is 23.6 Å². The summed E-state index contributed by atoms with van der Waals surface area (Å²) in [6.45, 7) is 0.187. The van der Waals surface area contributed by atoms with Gasteiger partial charge >= 0.3 is 0 Å². The van der Waals surface area contributed by atoms with Crippen LogP contribution in [0, 0.1) is 0 Å². The molecule has 0 aliphatic carbocycles. The molecule has 0 spiro atoms. The van der Waals surface area contributed by atoms with E-state index in [9.17, 15) is 4.79 Å². The summed E-state index contributed by atoms with van der Waals surface area (Å²) < 4.78 is 12.5. The summed E-state index contributed by atoms with van der Waals surface area (Å²) in [5, 5.41) is 3.84. The Labute approximate surface area is 165 Å². The third-order valence-electron chi connectivity index (χ3n) is 4.49. The molecule has 1 amide bonds. The Morgan fingerprint density at radius 1 is 0.964 bits per heavy atom. The molecule has 1 aliphatic rings. The number of benzene rings is 3. The van der Waals surface area contributed by atoms with E-state index in [1.165, 1.54) is 0 Å². The topological polar surface area (TPSA) is 60.5 Å². The molecule has 0 bridgehead atoms. The molecule has 1 aromatic heterocycles. The number of hydrogen-bond acceptors (Lipinski definition) is 5. The van der Waals surface area contributed by atoms with Crippen LogP contribution in [0.2, 0.25) is 0 Å². The van der Waals surface area contributed by atoms with Gasteiger partial charge in [0.25, 0.3) is 5.91 Å². The molecule has 0 saturated heterocycles. The molecule has 6 heteroatoms. The molecular formula is C22H16N2O3S. The van der Waals surface area contributed by atoms with E-state index in [2.05, 4.69) is 16.4 Å². The van der Waals surface area contributed by atoms with Crippen LogP contribution < -0.4 is 14.8 Å². The van der Waals surface area contributed by atoms with Crippen molar-refractivity contribution >= 4 is 33.1 Å². The fourth-order valence-electron chi connectivity index (χ4n) is 3.06. The van der Waals surface area contributed by atoms with E-state index in [-0.39, 0.29) is 12.5 Å². The highest BCUT2D eigenvalue weighted by Crippen LogP contribution is 2.32. The number of rotatable bonds is 3. The van der Waals surface area contributed by atoms with Gasteiger partial charge in [0.2, 0.25) is 6.10 Å². The number of ether oxygens (including phenoxy) is 2. The Kier molecular flexibility index (Phi) is 4.18. The van der Waals surface area contributed by atoms with Crippen molar-refractivity contribution in [2.75, 3.05) is 11.9 Å². The number of nitrogens with zero attached hydrogens (tertiary/aromatic N) is 1. The Balaban J connectivity index is 1.29. The normalized spacial score (nSPS) is 15.4. The predicted octanol–water partition coefficient (Wildman–Crippen LogP) is 4.74. The van der Waals surface area contributed by atoms with Crippen LogP contribution in [0.1, 0.15) is 0 Å². The maximum Gasteiger partial charge on any atom is 0.269 e. The van der Waals surface area contributed by atoms with Gasteiger partial charge in [-0.25, -0.2) is 4.98 Å². The minimum Gasteiger partial charge on any atom is -0.485 e. The molecular weight excluding hydrogens is 372 g/mol. The number of thiazole rings is 1. The van der Waals surface area contributed by atoms with Gasteiger partial charge in [0, 0.05) is 11.3 Å². The smallest absolute Gasteiger partial charge is 0.269 e. The summed E-state index contributed by atoms with van der Waals surface area (Å²) in [7, 11) is 0. The van der Waals surface area contributed by atoms with E-state index in [4.69, 9.17) is 9.47 Å². The van der Waals surface area contributed by atoms with Gasteiger partial charge in [-0.1, -0.05) is 24.3 Å². The lowest BCUT2D eigenvalue weighted by atomic mass is 10.2. The number of amides is 1.